The van der Waals surface area contributed by atoms with Crippen molar-refractivity contribution in [3.8, 4) is 5.75 Å². The first-order valence-corrected chi connectivity index (χ1v) is 10.4. The largest absolute Gasteiger partial charge is 0.497 e. The molecule has 0 saturated heterocycles. The Hall–Kier alpha value is -3.26. The van der Waals surface area contributed by atoms with E-state index in [1.165, 1.54) is 16.9 Å². The third-order valence-electron chi connectivity index (χ3n) is 4.39. The van der Waals surface area contributed by atoms with Gasteiger partial charge < -0.3 is 10.1 Å². The standard InChI is InChI=1S/C22H24N4O3S/c1-14(2)20(27)23-17-6-4-5-16(13-17)21(28)24-22-26-25-19(30-22)12-9-15-7-10-18(29-3)11-8-15/h4-8,10-11,13-14H,9,12H2,1-3H3,(H,23,27)(H,24,26,28). The molecule has 0 aliphatic heterocycles. The van der Waals surface area contributed by atoms with E-state index >= 15 is 0 Å². The highest BCUT2D eigenvalue weighted by atomic mass is 32.1. The Kier molecular flexibility index (Phi) is 7.13. The molecule has 0 aliphatic rings. The number of ether oxygens (including phenoxy) is 1. The summed E-state index contributed by atoms with van der Waals surface area (Å²) in [4.78, 5) is 24.4. The second kappa shape index (κ2) is 9.98. The normalized spacial score (nSPS) is 10.7. The van der Waals surface area contributed by atoms with Crippen molar-refractivity contribution in [1.82, 2.24) is 10.2 Å². The lowest BCUT2D eigenvalue weighted by Crippen LogP contribution is -2.18. The van der Waals surface area contributed by atoms with Crippen LogP contribution in [0.5, 0.6) is 5.75 Å². The number of rotatable bonds is 8. The van der Waals surface area contributed by atoms with Crippen LogP contribution in [0.25, 0.3) is 0 Å². The molecule has 30 heavy (non-hydrogen) atoms. The van der Waals surface area contributed by atoms with Gasteiger partial charge in [-0.05, 0) is 42.3 Å². The highest BCUT2D eigenvalue weighted by molar-refractivity contribution is 7.15. The summed E-state index contributed by atoms with van der Waals surface area (Å²) in [5.41, 5.74) is 2.20. The number of hydrogen-bond donors (Lipinski definition) is 2. The maximum atomic E-state index is 12.5. The smallest absolute Gasteiger partial charge is 0.257 e. The molecule has 0 fully saturated rings. The third-order valence-corrected chi connectivity index (χ3v) is 5.29. The Morgan fingerprint density at radius 1 is 1.03 bits per heavy atom. The lowest BCUT2D eigenvalue weighted by molar-refractivity contribution is -0.118. The number of amides is 2. The van der Waals surface area contributed by atoms with Gasteiger partial charge in [-0.2, -0.15) is 0 Å². The van der Waals surface area contributed by atoms with Crippen molar-refractivity contribution in [2.24, 2.45) is 5.92 Å². The molecule has 1 heterocycles. The molecule has 0 bridgehead atoms. The quantitative estimate of drug-likeness (QED) is 0.566. The number of carbonyl (C=O) groups is 2. The number of anilines is 2. The zero-order chi connectivity index (χ0) is 21.5. The van der Waals surface area contributed by atoms with E-state index in [0.717, 1.165) is 23.6 Å². The Labute approximate surface area is 179 Å². The molecule has 8 heteroatoms. The van der Waals surface area contributed by atoms with Crippen LogP contribution in [0.3, 0.4) is 0 Å². The number of benzene rings is 2. The summed E-state index contributed by atoms with van der Waals surface area (Å²) in [5, 5.41) is 15.1. The van der Waals surface area contributed by atoms with E-state index in [9.17, 15) is 9.59 Å². The zero-order valence-electron chi connectivity index (χ0n) is 17.1. The molecule has 3 rings (SSSR count). The minimum Gasteiger partial charge on any atom is -0.497 e. The average molecular weight is 425 g/mol. The molecule has 0 spiro atoms. The van der Waals surface area contributed by atoms with Crippen molar-refractivity contribution in [2.75, 3.05) is 17.7 Å². The number of nitrogens with one attached hydrogen (secondary N) is 2. The van der Waals surface area contributed by atoms with E-state index in [1.807, 2.05) is 38.1 Å². The van der Waals surface area contributed by atoms with Crippen LogP contribution in [0.15, 0.2) is 48.5 Å². The summed E-state index contributed by atoms with van der Waals surface area (Å²) < 4.78 is 5.16. The fourth-order valence-corrected chi connectivity index (χ4v) is 3.38. The Bertz CT molecular complexity index is 1020. The number of nitrogens with zero attached hydrogens (tertiary/aromatic N) is 2. The predicted octanol–water partition coefficient (Wildman–Crippen LogP) is 4.18. The first kappa shape index (κ1) is 21.4. The topological polar surface area (TPSA) is 93.2 Å². The van der Waals surface area contributed by atoms with Crippen molar-refractivity contribution in [3.05, 3.63) is 64.7 Å². The molecule has 1 aromatic heterocycles. The number of hydrogen-bond acceptors (Lipinski definition) is 6. The molecule has 3 aromatic rings. The van der Waals surface area contributed by atoms with E-state index in [1.54, 1.807) is 31.4 Å². The van der Waals surface area contributed by atoms with Crippen LogP contribution in [-0.2, 0) is 17.6 Å². The summed E-state index contributed by atoms with van der Waals surface area (Å²) in [5.74, 6) is 0.291. The van der Waals surface area contributed by atoms with Gasteiger partial charge in [0.1, 0.15) is 10.8 Å². The minimum absolute atomic E-state index is 0.0989. The van der Waals surface area contributed by atoms with E-state index in [2.05, 4.69) is 20.8 Å². The molecular formula is C22H24N4O3S. The second-order valence-electron chi connectivity index (χ2n) is 7.03. The van der Waals surface area contributed by atoms with Gasteiger partial charge in [0.15, 0.2) is 0 Å². The number of aryl methyl sites for hydroxylation is 2. The van der Waals surface area contributed by atoms with Crippen LogP contribution < -0.4 is 15.4 Å². The summed E-state index contributed by atoms with van der Waals surface area (Å²) >= 11 is 1.35. The molecule has 0 atom stereocenters. The third kappa shape index (κ3) is 5.87. The first-order valence-electron chi connectivity index (χ1n) is 9.62. The maximum absolute atomic E-state index is 12.5. The van der Waals surface area contributed by atoms with E-state index < -0.39 is 0 Å². The number of aromatic nitrogens is 2. The van der Waals surface area contributed by atoms with Gasteiger partial charge in [0.2, 0.25) is 11.0 Å². The van der Waals surface area contributed by atoms with E-state index in [-0.39, 0.29) is 17.7 Å². The molecule has 0 radical (unpaired) electrons. The summed E-state index contributed by atoms with van der Waals surface area (Å²) in [6.45, 7) is 3.63. The molecule has 2 aromatic carbocycles. The molecule has 7 nitrogen and oxygen atoms in total. The molecule has 0 saturated carbocycles. The van der Waals surface area contributed by atoms with Crippen molar-refractivity contribution in [3.63, 3.8) is 0 Å². The van der Waals surface area contributed by atoms with Gasteiger partial charge >= 0.3 is 0 Å². The van der Waals surface area contributed by atoms with Gasteiger partial charge in [-0.1, -0.05) is 43.4 Å². The number of methoxy groups -OCH3 is 1. The lowest BCUT2D eigenvalue weighted by atomic mass is 10.1. The molecule has 2 amide bonds. The predicted molar refractivity (Wildman–Crippen MR) is 118 cm³/mol. The molecule has 156 valence electrons. The van der Waals surface area contributed by atoms with Gasteiger partial charge in [-0.15, -0.1) is 10.2 Å². The van der Waals surface area contributed by atoms with Crippen LogP contribution in [0.4, 0.5) is 10.8 Å². The van der Waals surface area contributed by atoms with Gasteiger partial charge in [0.05, 0.1) is 7.11 Å². The van der Waals surface area contributed by atoms with Gasteiger partial charge in [0, 0.05) is 23.6 Å². The molecular weight excluding hydrogens is 400 g/mol. The summed E-state index contributed by atoms with van der Waals surface area (Å²) in [6, 6.07) is 14.7. The minimum atomic E-state index is -0.298. The molecule has 0 aliphatic carbocycles. The van der Waals surface area contributed by atoms with Crippen LogP contribution in [0.1, 0.15) is 34.8 Å². The average Bonchev–Trinajstić information content (AvgIpc) is 3.20. The van der Waals surface area contributed by atoms with Crippen LogP contribution >= 0.6 is 11.3 Å². The van der Waals surface area contributed by atoms with Crippen molar-refractivity contribution < 1.29 is 14.3 Å². The maximum Gasteiger partial charge on any atom is 0.257 e. The lowest BCUT2D eigenvalue weighted by Gasteiger charge is -2.09. The monoisotopic (exact) mass is 424 g/mol. The van der Waals surface area contributed by atoms with E-state index in [0.29, 0.717) is 16.4 Å². The summed E-state index contributed by atoms with van der Waals surface area (Å²) in [7, 11) is 1.64. The Balaban J connectivity index is 1.57. The molecule has 0 unspecified atom stereocenters. The SMILES string of the molecule is COc1ccc(CCc2nnc(NC(=O)c3cccc(NC(=O)C(C)C)c3)s2)cc1. The van der Waals surface area contributed by atoms with Crippen LogP contribution in [0, 0.1) is 5.92 Å². The van der Waals surface area contributed by atoms with Crippen LogP contribution in [-0.4, -0.2) is 29.1 Å². The Morgan fingerprint density at radius 3 is 2.50 bits per heavy atom. The zero-order valence-corrected chi connectivity index (χ0v) is 18.0. The van der Waals surface area contributed by atoms with Crippen molar-refractivity contribution in [2.45, 2.75) is 26.7 Å². The number of carbonyl (C=O) groups excluding carboxylic acids is 2. The van der Waals surface area contributed by atoms with E-state index in [4.69, 9.17) is 4.74 Å². The highest BCUT2D eigenvalue weighted by Gasteiger charge is 2.13. The molecule has 2 N–H and O–H groups in total. The van der Waals surface area contributed by atoms with Gasteiger partial charge in [-0.25, -0.2) is 0 Å². The van der Waals surface area contributed by atoms with Crippen molar-refractivity contribution >= 4 is 34.0 Å². The first-order chi connectivity index (χ1) is 14.4. The fourth-order valence-electron chi connectivity index (χ4n) is 2.64. The highest BCUT2D eigenvalue weighted by Crippen LogP contribution is 2.20. The second-order valence-corrected chi connectivity index (χ2v) is 8.09. The van der Waals surface area contributed by atoms with Crippen molar-refractivity contribution in [1.29, 1.82) is 0 Å². The van der Waals surface area contributed by atoms with Gasteiger partial charge in [-0.3, -0.25) is 14.9 Å². The Morgan fingerprint density at radius 2 is 1.80 bits per heavy atom. The van der Waals surface area contributed by atoms with Gasteiger partial charge in [0.25, 0.3) is 5.91 Å². The van der Waals surface area contributed by atoms with Crippen LogP contribution in [0.2, 0.25) is 0 Å². The fraction of sp³-hybridized carbons (Fsp3) is 0.273. The summed E-state index contributed by atoms with van der Waals surface area (Å²) in [6.07, 6.45) is 1.56.